The van der Waals surface area contributed by atoms with Gasteiger partial charge in [0.15, 0.2) is 5.69 Å². The third-order valence-corrected chi connectivity index (χ3v) is 5.90. The summed E-state index contributed by atoms with van der Waals surface area (Å²) in [5.41, 5.74) is -0.321. The van der Waals surface area contributed by atoms with Crippen LogP contribution in [0.4, 0.5) is 24.5 Å². The van der Waals surface area contributed by atoms with Gasteiger partial charge < -0.3 is 20.7 Å². The number of rotatable bonds is 8. The molecular formula is C25H24F3N5O3. The lowest BCUT2D eigenvalue weighted by atomic mass is 9.86. The van der Waals surface area contributed by atoms with Crippen LogP contribution >= 0.6 is 0 Å². The summed E-state index contributed by atoms with van der Waals surface area (Å²) >= 11 is 0. The molecule has 36 heavy (non-hydrogen) atoms. The Hall–Kier alpha value is -3.99. The summed E-state index contributed by atoms with van der Waals surface area (Å²) in [5, 5.41) is 15.8. The van der Waals surface area contributed by atoms with E-state index >= 15 is 0 Å². The fourth-order valence-electron chi connectivity index (χ4n) is 3.84. The molecule has 2 amide bonds. The zero-order valence-corrected chi connectivity index (χ0v) is 19.1. The topological polar surface area (TPSA) is 105 Å². The van der Waals surface area contributed by atoms with Crippen molar-refractivity contribution >= 4 is 23.2 Å². The van der Waals surface area contributed by atoms with Crippen molar-refractivity contribution in [1.29, 1.82) is 0 Å². The number of halogens is 3. The van der Waals surface area contributed by atoms with Crippen LogP contribution in [0.15, 0.2) is 66.9 Å². The minimum Gasteiger partial charge on any atom is -0.380 e. The van der Waals surface area contributed by atoms with E-state index < -0.39 is 23.1 Å². The van der Waals surface area contributed by atoms with Gasteiger partial charge in [-0.3, -0.25) is 9.59 Å². The Kier molecular flexibility index (Phi) is 7.49. The third-order valence-electron chi connectivity index (χ3n) is 5.90. The van der Waals surface area contributed by atoms with Gasteiger partial charge in [0, 0.05) is 31.6 Å². The maximum Gasteiger partial charge on any atom is 0.418 e. The standard InChI is InChI=1S/C25H24F3N5O3/c26-25(27,28)19-4-1-2-5-20(19)32-18-9-7-17(8-10-18)14-29-23(35)24(11-13-36-16-24)15-30-22(34)21-6-3-12-31-33-21/h1-10,12,32H,11,13-16H2,(H,29,35)(H,30,34)/t24-/m0/s1. The Morgan fingerprint density at radius 2 is 1.78 bits per heavy atom. The van der Waals surface area contributed by atoms with Crippen molar-refractivity contribution in [2.75, 3.05) is 25.1 Å². The molecule has 4 rings (SSSR count). The van der Waals surface area contributed by atoms with Crippen molar-refractivity contribution < 1.29 is 27.5 Å². The van der Waals surface area contributed by atoms with Gasteiger partial charge in [-0.05, 0) is 48.4 Å². The molecule has 0 saturated carbocycles. The number of hydrogen-bond donors (Lipinski definition) is 3. The van der Waals surface area contributed by atoms with Crippen molar-refractivity contribution in [3.63, 3.8) is 0 Å². The van der Waals surface area contributed by atoms with E-state index in [2.05, 4.69) is 26.1 Å². The molecule has 2 aromatic carbocycles. The predicted octanol–water partition coefficient (Wildman–Crippen LogP) is 3.69. The molecule has 1 saturated heterocycles. The number of aromatic nitrogens is 2. The summed E-state index contributed by atoms with van der Waals surface area (Å²) in [7, 11) is 0. The van der Waals surface area contributed by atoms with Crippen molar-refractivity contribution in [2.45, 2.75) is 19.1 Å². The number of benzene rings is 2. The van der Waals surface area contributed by atoms with Crippen molar-refractivity contribution in [1.82, 2.24) is 20.8 Å². The van der Waals surface area contributed by atoms with Gasteiger partial charge in [-0.1, -0.05) is 24.3 Å². The number of nitrogens with zero attached hydrogens (tertiary/aromatic N) is 2. The van der Waals surface area contributed by atoms with E-state index in [0.717, 1.165) is 11.6 Å². The summed E-state index contributed by atoms with van der Waals surface area (Å²) in [6.07, 6.45) is -2.57. The summed E-state index contributed by atoms with van der Waals surface area (Å²) in [4.78, 5) is 25.4. The van der Waals surface area contributed by atoms with E-state index in [1.807, 2.05) is 0 Å². The Morgan fingerprint density at radius 1 is 1.00 bits per heavy atom. The molecule has 1 aliphatic heterocycles. The average molecular weight is 499 g/mol. The van der Waals surface area contributed by atoms with E-state index in [0.29, 0.717) is 18.7 Å². The Balaban J connectivity index is 1.35. The number of para-hydroxylation sites is 1. The monoisotopic (exact) mass is 499 g/mol. The second kappa shape index (κ2) is 10.7. The normalized spacial score (nSPS) is 17.4. The van der Waals surface area contributed by atoms with Crippen LogP contribution in [-0.2, 0) is 22.3 Å². The highest BCUT2D eigenvalue weighted by molar-refractivity contribution is 5.92. The molecule has 0 spiro atoms. The molecule has 0 aliphatic carbocycles. The van der Waals surface area contributed by atoms with Crippen LogP contribution in [0, 0.1) is 5.41 Å². The minimum atomic E-state index is -4.47. The zero-order chi connectivity index (χ0) is 25.6. The Morgan fingerprint density at radius 3 is 2.44 bits per heavy atom. The molecule has 0 radical (unpaired) electrons. The fraction of sp³-hybridized carbons (Fsp3) is 0.280. The number of alkyl halides is 3. The first-order valence-electron chi connectivity index (χ1n) is 11.2. The summed E-state index contributed by atoms with van der Waals surface area (Å²) in [6.45, 7) is 0.850. The third kappa shape index (κ3) is 5.98. The van der Waals surface area contributed by atoms with Gasteiger partial charge in [0.2, 0.25) is 5.91 Å². The van der Waals surface area contributed by atoms with Gasteiger partial charge >= 0.3 is 6.18 Å². The molecule has 3 aromatic rings. The number of carbonyl (C=O) groups is 2. The van der Waals surface area contributed by atoms with Gasteiger partial charge in [-0.2, -0.15) is 18.3 Å². The lowest BCUT2D eigenvalue weighted by molar-refractivity contribution is -0.137. The van der Waals surface area contributed by atoms with Gasteiger partial charge in [-0.15, -0.1) is 5.10 Å². The minimum absolute atomic E-state index is 0.0437. The van der Waals surface area contributed by atoms with Gasteiger partial charge in [0.1, 0.15) is 0 Å². The molecule has 1 fully saturated rings. The molecule has 1 atom stereocenters. The highest BCUT2D eigenvalue weighted by atomic mass is 19.4. The first-order chi connectivity index (χ1) is 17.3. The van der Waals surface area contributed by atoms with E-state index in [4.69, 9.17) is 4.74 Å². The van der Waals surface area contributed by atoms with Crippen LogP contribution in [0.1, 0.15) is 28.0 Å². The van der Waals surface area contributed by atoms with Crippen LogP contribution in [0.5, 0.6) is 0 Å². The van der Waals surface area contributed by atoms with Gasteiger partial charge in [-0.25, -0.2) is 0 Å². The van der Waals surface area contributed by atoms with E-state index in [9.17, 15) is 22.8 Å². The second-order valence-electron chi connectivity index (χ2n) is 8.42. The smallest absolute Gasteiger partial charge is 0.380 e. The number of hydrogen-bond acceptors (Lipinski definition) is 6. The molecule has 3 N–H and O–H groups in total. The maximum absolute atomic E-state index is 13.2. The van der Waals surface area contributed by atoms with Crippen LogP contribution < -0.4 is 16.0 Å². The molecular weight excluding hydrogens is 475 g/mol. The molecule has 0 unspecified atom stereocenters. The highest BCUT2D eigenvalue weighted by Gasteiger charge is 2.42. The fourth-order valence-corrected chi connectivity index (χ4v) is 3.84. The number of amides is 2. The lowest BCUT2D eigenvalue weighted by Crippen LogP contribution is -2.49. The van der Waals surface area contributed by atoms with Gasteiger partial charge in [0.05, 0.1) is 23.3 Å². The predicted molar refractivity (Wildman–Crippen MR) is 125 cm³/mol. The first-order valence-corrected chi connectivity index (χ1v) is 11.2. The first kappa shape index (κ1) is 25.1. The van der Waals surface area contributed by atoms with E-state index in [1.165, 1.54) is 30.5 Å². The molecule has 8 nitrogen and oxygen atoms in total. The number of carbonyl (C=O) groups excluding carboxylic acids is 2. The molecule has 1 aromatic heterocycles. The number of ether oxygens (including phenoxy) is 1. The number of nitrogens with one attached hydrogen (secondary N) is 3. The molecule has 11 heteroatoms. The van der Waals surface area contributed by atoms with Crippen molar-refractivity contribution in [3.8, 4) is 0 Å². The quantitative estimate of drug-likeness (QED) is 0.437. The summed E-state index contributed by atoms with van der Waals surface area (Å²) in [5.74, 6) is -0.696. The Labute approximate surface area is 205 Å². The van der Waals surface area contributed by atoms with Crippen LogP contribution in [0.2, 0.25) is 0 Å². The second-order valence-corrected chi connectivity index (χ2v) is 8.42. The molecule has 0 bridgehead atoms. The van der Waals surface area contributed by atoms with Gasteiger partial charge in [0.25, 0.3) is 5.91 Å². The van der Waals surface area contributed by atoms with Crippen molar-refractivity contribution in [2.24, 2.45) is 5.41 Å². The summed E-state index contributed by atoms with van der Waals surface area (Å²) < 4.78 is 45.1. The molecule has 2 heterocycles. The number of anilines is 2. The SMILES string of the molecule is O=C(NC[C@@]1(C(=O)NCc2ccc(Nc3ccccc3C(F)(F)F)cc2)CCOC1)c1cccnn1. The zero-order valence-electron chi connectivity index (χ0n) is 19.1. The molecule has 188 valence electrons. The van der Waals surface area contributed by atoms with Crippen LogP contribution in [0.3, 0.4) is 0 Å². The van der Waals surface area contributed by atoms with Crippen LogP contribution in [-0.4, -0.2) is 41.8 Å². The van der Waals surface area contributed by atoms with Crippen molar-refractivity contribution in [3.05, 3.63) is 83.7 Å². The Bertz CT molecular complexity index is 1200. The summed E-state index contributed by atoms with van der Waals surface area (Å²) in [6, 6.07) is 15.1. The largest absolute Gasteiger partial charge is 0.418 e. The lowest BCUT2D eigenvalue weighted by Gasteiger charge is -2.26. The maximum atomic E-state index is 13.2. The van der Waals surface area contributed by atoms with Crippen LogP contribution in [0.25, 0.3) is 0 Å². The van der Waals surface area contributed by atoms with E-state index in [-0.39, 0.29) is 37.0 Å². The molecule has 1 aliphatic rings. The highest BCUT2D eigenvalue weighted by Crippen LogP contribution is 2.36. The average Bonchev–Trinajstić information content (AvgIpc) is 3.37. The van der Waals surface area contributed by atoms with E-state index in [1.54, 1.807) is 30.3 Å².